The van der Waals surface area contributed by atoms with Gasteiger partial charge in [-0.25, -0.2) is 4.79 Å². The standard InChI is InChI=1S/C17H17BrN2O/c1-13-6-2-3-8-15(13)12-20-17(21)19-11-10-14-7-4-5-9-16(14)18/h2-11H,12H2,1H3,(H2,19,20,21)/b11-10+. The number of halogens is 1. The molecule has 0 aromatic heterocycles. The van der Waals surface area contributed by atoms with Crippen molar-refractivity contribution in [3.8, 4) is 0 Å². The van der Waals surface area contributed by atoms with Gasteiger partial charge in [0.15, 0.2) is 0 Å². The van der Waals surface area contributed by atoms with Crippen molar-refractivity contribution >= 4 is 28.0 Å². The Kier molecular flexibility index (Phi) is 5.58. The average molecular weight is 345 g/mol. The van der Waals surface area contributed by atoms with Crippen molar-refractivity contribution in [2.45, 2.75) is 13.5 Å². The van der Waals surface area contributed by atoms with Gasteiger partial charge in [-0.15, -0.1) is 0 Å². The van der Waals surface area contributed by atoms with Crippen LogP contribution in [-0.4, -0.2) is 6.03 Å². The first-order valence-electron chi connectivity index (χ1n) is 6.67. The molecule has 0 radical (unpaired) electrons. The summed E-state index contributed by atoms with van der Waals surface area (Å²) in [4.78, 5) is 11.7. The number of aryl methyl sites for hydroxylation is 1. The number of amides is 2. The monoisotopic (exact) mass is 344 g/mol. The minimum absolute atomic E-state index is 0.221. The average Bonchev–Trinajstić information content (AvgIpc) is 2.48. The fourth-order valence-electron chi connectivity index (χ4n) is 1.85. The van der Waals surface area contributed by atoms with Crippen molar-refractivity contribution in [2.75, 3.05) is 0 Å². The summed E-state index contributed by atoms with van der Waals surface area (Å²) in [5.74, 6) is 0. The Morgan fingerprint density at radius 3 is 2.62 bits per heavy atom. The van der Waals surface area contributed by atoms with Gasteiger partial charge in [-0.1, -0.05) is 58.4 Å². The van der Waals surface area contributed by atoms with E-state index in [2.05, 4.69) is 26.6 Å². The molecule has 2 N–H and O–H groups in total. The highest BCUT2D eigenvalue weighted by Gasteiger charge is 2.00. The van der Waals surface area contributed by atoms with Crippen molar-refractivity contribution < 1.29 is 4.79 Å². The molecule has 0 aliphatic carbocycles. The zero-order chi connectivity index (χ0) is 15.1. The highest BCUT2D eigenvalue weighted by molar-refractivity contribution is 9.10. The molecule has 108 valence electrons. The zero-order valence-electron chi connectivity index (χ0n) is 11.8. The maximum atomic E-state index is 11.7. The third-order valence-electron chi connectivity index (χ3n) is 3.08. The maximum Gasteiger partial charge on any atom is 0.319 e. The third kappa shape index (κ3) is 4.76. The first kappa shape index (κ1) is 15.3. The van der Waals surface area contributed by atoms with Crippen LogP contribution >= 0.6 is 15.9 Å². The number of hydrogen-bond acceptors (Lipinski definition) is 1. The fourth-order valence-corrected chi connectivity index (χ4v) is 2.27. The molecule has 4 heteroatoms. The van der Waals surface area contributed by atoms with Crippen LogP contribution in [0, 0.1) is 6.92 Å². The van der Waals surface area contributed by atoms with Crippen molar-refractivity contribution in [3.05, 3.63) is 75.9 Å². The smallest absolute Gasteiger partial charge is 0.319 e. The van der Waals surface area contributed by atoms with Gasteiger partial charge in [-0.05, 0) is 35.8 Å². The van der Waals surface area contributed by atoms with Crippen LogP contribution in [-0.2, 0) is 6.54 Å². The van der Waals surface area contributed by atoms with Crippen LogP contribution in [0.15, 0.2) is 59.2 Å². The summed E-state index contributed by atoms with van der Waals surface area (Å²) in [6.45, 7) is 2.54. The van der Waals surface area contributed by atoms with Gasteiger partial charge in [0, 0.05) is 17.2 Å². The Hall–Kier alpha value is -2.07. The van der Waals surface area contributed by atoms with Crippen molar-refractivity contribution in [2.24, 2.45) is 0 Å². The number of benzene rings is 2. The SMILES string of the molecule is Cc1ccccc1CNC(=O)N/C=C/c1ccccc1Br. The lowest BCUT2D eigenvalue weighted by atomic mass is 10.1. The van der Waals surface area contributed by atoms with Gasteiger partial charge in [0.05, 0.1) is 0 Å². The molecule has 0 aliphatic rings. The van der Waals surface area contributed by atoms with Crippen LogP contribution < -0.4 is 10.6 Å². The summed E-state index contributed by atoms with van der Waals surface area (Å²) < 4.78 is 0.989. The van der Waals surface area contributed by atoms with Gasteiger partial charge in [-0.3, -0.25) is 0 Å². The first-order valence-corrected chi connectivity index (χ1v) is 7.46. The largest absolute Gasteiger partial charge is 0.334 e. The molecule has 0 unspecified atom stereocenters. The summed E-state index contributed by atoms with van der Waals surface area (Å²) in [6.07, 6.45) is 3.48. The van der Waals surface area contributed by atoms with E-state index in [1.165, 1.54) is 5.56 Å². The van der Waals surface area contributed by atoms with E-state index in [4.69, 9.17) is 0 Å². The van der Waals surface area contributed by atoms with E-state index in [0.29, 0.717) is 6.54 Å². The summed E-state index contributed by atoms with van der Waals surface area (Å²) >= 11 is 3.45. The van der Waals surface area contributed by atoms with Gasteiger partial charge in [0.1, 0.15) is 0 Å². The molecule has 2 rings (SSSR count). The summed E-state index contributed by atoms with van der Waals surface area (Å²) in [5, 5.41) is 5.52. The summed E-state index contributed by atoms with van der Waals surface area (Å²) in [5.41, 5.74) is 3.29. The zero-order valence-corrected chi connectivity index (χ0v) is 13.4. The van der Waals surface area contributed by atoms with Crippen LogP contribution in [0.2, 0.25) is 0 Å². The second-order valence-electron chi connectivity index (χ2n) is 4.61. The quantitative estimate of drug-likeness (QED) is 0.856. The Morgan fingerprint density at radius 2 is 1.86 bits per heavy atom. The Morgan fingerprint density at radius 1 is 1.14 bits per heavy atom. The first-order chi connectivity index (χ1) is 10.2. The minimum atomic E-state index is -0.221. The van der Waals surface area contributed by atoms with Gasteiger partial charge >= 0.3 is 6.03 Å². The molecule has 0 atom stereocenters. The second-order valence-corrected chi connectivity index (χ2v) is 5.46. The molecule has 0 bridgehead atoms. The molecule has 2 amide bonds. The molecule has 0 saturated carbocycles. The molecule has 2 aromatic rings. The second kappa shape index (κ2) is 7.64. The van der Waals surface area contributed by atoms with E-state index in [1.807, 2.05) is 61.5 Å². The number of carbonyl (C=O) groups excluding carboxylic acids is 1. The molecule has 0 heterocycles. The molecular formula is C17H17BrN2O. The Labute approximate surface area is 133 Å². The number of nitrogens with one attached hydrogen (secondary N) is 2. The van der Waals surface area contributed by atoms with Crippen LogP contribution in [0.4, 0.5) is 4.79 Å². The number of hydrogen-bond donors (Lipinski definition) is 2. The lowest BCUT2D eigenvalue weighted by Crippen LogP contribution is -2.31. The van der Waals surface area contributed by atoms with Crippen LogP contribution in [0.5, 0.6) is 0 Å². The lowest BCUT2D eigenvalue weighted by molar-refractivity contribution is 0.244. The van der Waals surface area contributed by atoms with Gasteiger partial charge in [0.2, 0.25) is 0 Å². The van der Waals surface area contributed by atoms with Gasteiger partial charge in [0.25, 0.3) is 0 Å². The predicted octanol–water partition coefficient (Wildman–Crippen LogP) is 4.23. The predicted molar refractivity (Wildman–Crippen MR) is 89.7 cm³/mol. The van der Waals surface area contributed by atoms with E-state index in [0.717, 1.165) is 15.6 Å². The van der Waals surface area contributed by atoms with E-state index in [1.54, 1.807) is 6.20 Å². The Bertz CT molecular complexity index is 653. The molecule has 0 saturated heterocycles. The van der Waals surface area contributed by atoms with Crippen molar-refractivity contribution in [1.29, 1.82) is 0 Å². The maximum absolute atomic E-state index is 11.7. The molecule has 0 aliphatic heterocycles. The normalized spacial score (nSPS) is 10.6. The number of rotatable bonds is 4. The third-order valence-corrected chi connectivity index (χ3v) is 3.81. The summed E-state index contributed by atoms with van der Waals surface area (Å²) in [7, 11) is 0. The lowest BCUT2D eigenvalue weighted by Gasteiger charge is -2.07. The minimum Gasteiger partial charge on any atom is -0.334 e. The fraction of sp³-hybridized carbons (Fsp3) is 0.118. The molecule has 0 spiro atoms. The highest BCUT2D eigenvalue weighted by atomic mass is 79.9. The van der Waals surface area contributed by atoms with Crippen LogP contribution in [0.25, 0.3) is 6.08 Å². The van der Waals surface area contributed by atoms with Gasteiger partial charge in [-0.2, -0.15) is 0 Å². The topological polar surface area (TPSA) is 41.1 Å². The number of urea groups is 1. The van der Waals surface area contributed by atoms with Gasteiger partial charge < -0.3 is 10.6 Å². The molecule has 21 heavy (non-hydrogen) atoms. The summed E-state index contributed by atoms with van der Waals surface area (Å²) in [6, 6.07) is 15.6. The van der Waals surface area contributed by atoms with E-state index in [9.17, 15) is 4.79 Å². The van der Waals surface area contributed by atoms with E-state index in [-0.39, 0.29) is 6.03 Å². The van der Waals surface area contributed by atoms with E-state index >= 15 is 0 Å². The molecule has 0 fully saturated rings. The van der Waals surface area contributed by atoms with Crippen molar-refractivity contribution in [3.63, 3.8) is 0 Å². The van der Waals surface area contributed by atoms with Crippen LogP contribution in [0.3, 0.4) is 0 Å². The molecule has 3 nitrogen and oxygen atoms in total. The molecular weight excluding hydrogens is 328 g/mol. The van der Waals surface area contributed by atoms with Crippen molar-refractivity contribution in [1.82, 2.24) is 10.6 Å². The van der Waals surface area contributed by atoms with Crippen LogP contribution in [0.1, 0.15) is 16.7 Å². The number of carbonyl (C=O) groups is 1. The highest BCUT2D eigenvalue weighted by Crippen LogP contribution is 2.16. The molecule has 2 aromatic carbocycles. The van der Waals surface area contributed by atoms with E-state index < -0.39 is 0 Å². The Balaban J connectivity index is 1.83.